The minimum absolute atomic E-state index is 0.0444. The zero-order chi connectivity index (χ0) is 18.9. The third kappa shape index (κ3) is 4.27. The molecule has 0 atom stereocenters. The number of halogens is 1. The summed E-state index contributed by atoms with van der Waals surface area (Å²) in [6, 6.07) is 1.62. The Bertz CT molecular complexity index is 757. The summed E-state index contributed by atoms with van der Waals surface area (Å²) in [5, 5.41) is 4.64. The van der Waals surface area contributed by atoms with Gasteiger partial charge in [-0.2, -0.15) is 5.10 Å². The van der Waals surface area contributed by atoms with E-state index in [0.29, 0.717) is 30.5 Å². The van der Waals surface area contributed by atoms with Crippen molar-refractivity contribution in [3.63, 3.8) is 0 Å². The van der Waals surface area contributed by atoms with Crippen molar-refractivity contribution in [2.24, 2.45) is 7.05 Å². The number of aryl methyl sites for hydroxylation is 1. The number of aromatic nitrogens is 3. The lowest BCUT2D eigenvalue weighted by atomic mass is 9.94. The van der Waals surface area contributed by atoms with Crippen molar-refractivity contribution < 1.29 is 9.21 Å². The van der Waals surface area contributed by atoms with E-state index in [1.165, 1.54) is 4.68 Å². The highest BCUT2D eigenvalue weighted by Crippen LogP contribution is 2.23. The fraction of sp³-hybridized carbons (Fsp3) is 0.611. The molecule has 2 aromatic rings. The van der Waals surface area contributed by atoms with Crippen LogP contribution in [0.4, 0.5) is 0 Å². The maximum Gasteiger partial charge on any atom is 0.274 e. The SMILES string of the molecule is Cn1nc(C(=O)N2CCCN(Cc3ncc(C(C)(C)C)o3)CC2)cc1Cl. The Kier molecular flexibility index (Phi) is 5.39. The van der Waals surface area contributed by atoms with Gasteiger partial charge in [-0.1, -0.05) is 32.4 Å². The van der Waals surface area contributed by atoms with Crippen molar-refractivity contribution in [3.05, 3.63) is 34.8 Å². The fourth-order valence-corrected chi connectivity index (χ4v) is 3.11. The first kappa shape index (κ1) is 18.9. The van der Waals surface area contributed by atoms with E-state index < -0.39 is 0 Å². The highest BCUT2D eigenvalue weighted by molar-refractivity contribution is 6.29. The summed E-state index contributed by atoms with van der Waals surface area (Å²) in [5.41, 5.74) is 0.352. The molecule has 0 N–H and O–H groups in total. The molecule has 0 radical (unpaired) electrons. The van der Waals surface area contributed by atoms with Crippen molar-refractivity contribution >= 4 is 17.5 Å². The summed E-state index contributed by atoms with van der Waals surface area (Å²) >= 11 is 6.00. The lowest BCUT2D eigenvalue weighted by molar-refractivity contribution is 0.0754. The van der Waals surface area contributed by atoms with Gasteiger partial charge in [-0.15, -0.1) is 0 Å². The monoisotopic (exact) mass is 379 g/mol. The standard InChI is InChI=1S/C18H26ClN5O2/c1-18(2,3)14-11-20-16(26-14)12-23-6-5-7-24(9-8-23)17(25)13-10-15(19)22(4)21-13/h10-11H,5-9,12H2,1-4H3. The second-order valence-corrected chi connectivity index (χ2v) is 8.15. The van der Waals surface area contributed by atoms with Gasteiger partial charge in [-0.25, -0.2) is 4.98 Å². The van der Waals surface area contributed by atoms with Gasteiger partial charge in [0.1, 0.15) is 10.9 Å². The number of carbonyl (C=O) groups excluding carboxylic acids is 1. The molecule has 0 unspecified atom stereocenters. The fourth-order valence-electron chi connectivity index (χ4n) is 2.96. The van der Waals surface area contributed by atoms with Crippen LogP contribution in [0.15, 0.2) is 16.7 Å². The first-order valence-corrected chi connectivity index (χ1v) is 9.28. The molecule has 1 fully saturated rings. The van der Waals surface area contributed by atoms with Crippen LogP contribution in [0.1, 0.15) is 49.3 Å². The van der Waals surface area contributed by atoms with Crippen molar-refractivity contribution in [1.29, 1.82) is 0 Å². The maximum absolute atomic E-state index is 12.6. The average molecular weight is 380 g/mol. The quantitative estimate of drug-likeness (QED) is 0.820. The molecule has 8 heteroatoms. The Morgan fingerprint density at radius 3 is 2.65 bits per heavy atom. The van der Waals surface area contributed by atoms with Gasteiger partial charge >= 0.3 is 0 Å². The molecule has 1 aliphatic rings. The molecule has 0 bridgehead atoms. The number of hydrogen-bond acceptors (Lipinski definition) is 5. The first-order valence-electron chi connectivity index (χ1n) is 8.90. The lowest BCUT2D eigenvalue weighted by Gasteiger charge is -2.20. The number of rotatable bonds is 3. The Morgan fingerprint density at radius 2 is 2.04 bits per heavy atom. The molecule has 26 heavy (non-hydrogen) atoms. The van der Waals surface area contributed by atoms with Crippen molar-refractivity contribution in [1.82, 2.24) is 24.6 Å². The molecule has 1 saturated heterocycles. The molecule has 1 amide bonds. The van der Waals surface area contributed by atoms with Gasteiger partial charge in [-0.3, -0.25) is 14.4 Å². The van der Waals surface area contributed by atoms with Crippen molar-refractivity contribution in [2.45, 2.75) is 39.2 Å². The highest BCUT2D eigenvalue weighted by Gasteiger charge is 2.24. The summed E-state index contributed by atoms with van der Waals surface area (Å²) in [7, 11) is 1.73. The zero-order valence-corrected chi connectivity index (χ0v) is 16.6. The van der Waals surface area contributed by atoms with Gasteiger partial charge in [0.25, 0.3) is 5.91 Å². The van der Waals surface area contributed by atoms with Gasteiger partial charge in [0, 0.05) is 44.7 Å². The van der Waals surface area contributed by atoms with Crippen molar-refractivity contribution in [2.75, 3.05) is 26.2 Å². The minimum atomic E-state index is -0.0690. The Morgan fingerprint density at radius 1 is 1.27 bits per heavy atom. The second kappa shape index (κ2) is 7.40. The maximum atomic E-state index is 12.6. The molecule has 0 aromatic carbocycles. The van der Waals surface area contributed by atoms with E-state index in [-0.39, 0.29) is 11.3 Å². The molecule has 2 aromatic heterocycles. The first-order chi connectivity index (χ1) is 12.2. The van der Waals surface area contributed by atoms with E-state index in [9.17, 15) is 4.79 Å². The third-order valence-electron chi connectivity index (χ3n) is 4.57. The molecule has 0 spiro atoms. The van der Waals surface area contributed by atoms with E-state index in [0.717, 1.165) is 31.2 Å². The summed E-state index contributed by atoms with van der Waals surface area (Å²) in [5.74, 6) is 1.55. The van der Waals surface area contributed by atoms with Crippen LogP contribution in [-0.2, 0) is 19.0 Å². The minimum Gasteiger partial charge on any atom is -0.444 e. The molecule has 3 heterocycles. The van der Waals surface area contributed by atoms with Gasteiger partial charge in [0.15, 0.2) is 5.69 Å². The molecule has 0 saturated carbocycles. The Labute approximate surface area is 158 Å². The molecule has 142 valence electrons. The number of nitrogens with zero attached hydrogens (tertiary/aromatic N) is 5. The van der Waals surface area contributed by atoms with Crippen LogP contribution in [0.25, 0.3) is 0 Å². The number of oxazole rings is 1. The molecule has 0 aliphatic carbocycles. The summed E-state index contributed by atoms with van der Waals surface area (Å²) < 4.78 is 7.40. The van der Waals surface area contributed by atoms with E-state index in [1.54, 1.807) is 13.1 Å². The van der Waals surface area contributed by atoms with Gasteiger partial charge in [0.2, 0.25) is 5.89 Å². The lowest BCUT2D eigenvalue weighted by Crippen LogP contribution is -2.35. The van der Waals surface area contributed by atoms with Gasteiger partial charge in [0.05, 0.1) is 12.7 Å². The summed E-state index contributed by atoms with van der Waals surface area (Å²) in [4.78, 5) is 21.2. The normalized spacial score (nSPS) is 16.7. The van der Waals surface area contributed by atoms with Crippen LogP contribution < -0.4 is 0 Å². The van der Waals surface area contributed by atoms with Gasteiger partial charge < -0.3 is 9.32 Å². The van der Waals surface area contributed by atoms with Crippen LogP contribution in [-0.4, -0.2) is 56.7 Å². The molecular formula is C18H26ClN5O2. The van der Waals surface area contributed by atoms with Crippen LogP contribution in [0.5, 0.6) is 0 Å². The molecular weight excluding hydrogens is 354 g/mol. The zero-order valence-electron chi connectivity index (χ0n) is 15.8. The summed E-state index contributed by atoms with van der Waals surface area (Å²) in [6.07, 6.45) is 2.72. The van der Waals surface area contributed by atoms with E-state index in [2.05, 4.69) is 35.8 Å². The van der Waals surface area contributed by atoms with Crippen LogP contribution in [0.2, 0.25) is 5.15 Å². The Balaban J connectivity index is 1.59. The second-order valence-electron chi connectivity index (χ2n) is 7.77. The van der Waals surface area contributed by atoms with E-state index in [4.69, 9.17) is 16.0 Å². The molecule has 7 nitrogen and oxygen atoms in total. The molecule has 1 aliphatic heterocycles. The van der Waals surface area contributed by atoms with Crippen molar-refractivity contribution in [3.8, 4) is 0 Å². The third-order valence-corrected chi connectivity index (χ3v) is 4.92. The molecule has 3 rings (SSSR count). The average Bonchev–Trinajstić information content (AvgIpc) is 3.08. The van der Waals surface area contributed by atoms with Crippen LogP contribution in [0, 0.1) is 0 Å². The predicted molar refractivity (Wildman–Crippen MR) is 99.2 cm³/mol. The van der Waals surface area contributed by atoms with E-state index >= 15 is 0 Å². The predicted octanol–water partition coefficient (Wildman–Crippen LogP) is 2.71. The Hall–Kier alpha value is -1.86. The number of hydrogen-bond donors (Lipinski definition) is 0. The van der Waals surface area contributed by atoms with Crippen LogP contribution in [0.3, 0.4) is 0 Å². The smallest absolute Gasteiger partial charge is 0.274 e. The van der Waals surface area contributed by atoms with Crippen LogP contribution >= 0.6 is 11.6 Å². The van der Waals surface area contributed by atoms with Gasteiger partial charge in [-0.05, 0) is 6.42 Å². The van der Waals surface area contributed by atoms with E-state index in [1.807, 2.05) is 11.1 Å². The topological polar surface area (TPSA) is 67.4 Å². The highest BCUT2D eigenvalue weighted by atomic mass is 35.5. The number of amides is 1. The number of carbonyl (C=O) groups is 1. The largest absolute Gasteiger partial charge is 0.444 e. The summed E-state index contributed by atoms with van der Waals surface area (Å²) in [6.45, 7) is 10.0.